The quantitative estimate of drug-likeness (QED) is 0.418. The molecule has 208 valence electrons. The van der Waals surface area contributed by atoms with Gasteiger partial charge in [-0.05, 0) is 24.4 Å². The fourth-order valence-corrected chi connectivity index (χ4v) is 12.6. The zero-order valence-electron chi connectivity index (χ0n) is 23.4. The van der Waals surface area contributed by atoms with Gasteiger partial charge in [-0.2, -0.15) is 0 Å². The first-order chi connectivity index (χ1) is 18.5. The third-order valence-electron chi connectivity index (χ3n) is 8.24. The lowest BCUT2D eigenvalue weighted by Gasteiger charge is -2.53. The highest BCUT2D eigenvalue weighted by atomic mass is 28.3. The molecular weight excluding hydrogens is 508 g/mol. The van der Waals surface area contributed by atoms with Gasteiger partial charge in [0.25, 0.3) is 0 Å². The lowest BCUT2D eigenvalue weighted by Crippen LogP contribution is -2.79. The Morgan fingerprint density at radius 2 is 1.33 bits per heavy atom. The minimum atomic E-state index is -3.17. The summed E-state index contributed by atoms with van der Waals surface area (Å²) in [6.45, 7) is 9.98. The molecule has 3 aromatic rings. The Labute approximate surface area is 232 Å². The Balaban J connectivity index is 1.68. The first kappa shape index (κ1) is 28.2. The zero-order chi connectivity index (χ0) is 27.9. The van der Waals surface area contributed by atoms with Gasteiger partial charge in [0.2, 0.25) is 0 Å². The van der Waals surface area contributed by atoms with Gasteiger partial charge in [-0.25, -0.2) is 0 Å². The van der Waals surface area contributed by atoms with Crippen LogP contribution in [0.1, 0.15) is 40.2 Å². The lowest BCUT2D eigenvalue weighted by atomic mass is 9.96. The Kier molecular flexibility index (Phi) is 7.63. The van der Waals surface area contributed by atoms with Crippen molar-refractivity contribution in [3.05, 3.63) is 96.6 Å². The minimum absolute atomic E-state index is 0.275. The van der Waals surface area contributed by atoms with E-state index in [2.05, 4.69) is 45.0 Å². The van der Waals surface area contributed by atoms with Crippen molar-refractivity contribution in [2.75, 3.05) is 6.61 Å². The highest BCUT2D eigenvalue weighted by molar-refractivity contribution is 7.05. The summed E-state index contributed by atoms with van der Waals surface area (Å²) >= 11 is 0. The molecule has 5 atom stereocenters. The molecule has 2 saturated heterocycles. The van der Waals surface area contributed by atoms with Gasteiger partial charge < -0.3 is 29.2 Å². The van der Waals surface area contributed by atoms with E-state index >= 15 is 0 Å². The molecule has 39 heavy (non-hydrogen) atoms. The maximum absolute atomic E-state index is 12.9. The van der Waals surface area contributed by atoms with E-state index in [1.165, 1.54) is 0 Å². The second-order valence-corrected chi connectivity index (χ2v) is 16.9. The topological polar surface area (TPSA) is 77.4 Å². The van der Waals surface area contributed by atoms with Gasteiger partial charge in [-0.3, -0.25) is 0 Å². The molecule has 6 nitrogen and oxygen atoms in total. The van der Waals surface area contributed by atoms with Crippen molar-refractivity contribution in [3.63, 3.8) is 0 Å². The van der Waals surface area contributed by atoms with Gasteiger partial charge in [0.05, 0.1) is 18.9 Å². The number of hydrogen-bond acceptors (Lipinski definition) is 6. The summed E-state index contributed by atoms with van der Waals surface area (Å²) in [4.78, 5) is 0. The lowest BCUT2D eigenvalue weighted by molar-refractivity contribution is -0.264. The second-order valence-electron chi connectivity index (χ2n) is 12.1. The van der Waals surface area contributed by atoms with Crippen LogP contribution in [0.3, 0.4) is 0 Å². The van der Waals surface area contributed by atoms with E-state index in [0.717, 1.165) is 15.9 Å². The van der Waals surface area contributed by atoms with Gasteiger partial charge >= 0.3 is 0 Å². The van der Waals surface area contributed by atoms with Crippen LogP contribution in [0, 0.1) is 0 Å². The van der Waals surface area contributed by atoms with Crippen molar-refractivity contribution in [2.24, 2.45) is 0 Å². The van der Waals surface area contributed by atoms with E-state index in [1.807, 2.05) is 80.6 Å². The summed E-state index contributed by atoms with van der Waals surface area (Å²) in [5.41, 5.74) is -1.63. The highest BCUT2D eigenvalue weighted by Crippen LogP contribution is 2.50. The molecule has 0 spiro atoms. The Bertz CT molecular complexity index is 1190. The SMILES string of the molecule is CC1(C)OC2O[C@@](CO)(C(O)[Si](c3ccccc3)(c3ccccc3)C(C)(C)C)[C@@H](OCc3ccccc3)[C@H]2O1. The van der Waals surface area contributed by atoms with Crippen molar-refractivity contribution >= 4 is 18.4 Å². The number of aliphatic hydroxyl groups excluding tert-OH is 2. The maximum atomic E-state index is 12.9. The average molecular weight is 549 g/mol. The number of hydrogen-bond donors (Lipinski definition) is 2. The molecule has 7 heteroatoms. The molecule has 0 aromatic heterocycles. The van der Waals surface area contributed by atoms with Crippen LogP contribution in [0.25, 0.3) is 0 Å². The monoisotopic (exact) mass is 548 g/mol. The Morgan fingerprint density at radius 3 is 1.82 bits per heavy atom. The van der Waals surface area contributed by atoms with E-state index in [9.17, 15) is 10.2 Å². The summed E-state index contributed by atoms with van der Waals surface area (Å²) < 4.78 is 25.7. The fraction of sp³-hybridized carbons (Fsp3) is 0.438. The number of ether oxygens (including phenoxy) is 4. The standard InChI is InChI=1S/C32H40O6Si/c1-30(2,3)39(24-17-11-7-12-18-24,25-19-13-8-14-20-25)29(34)32(22-33)27(35-21-23-15-9-6-10-16-23)26-28(38-32)37-31(4,5)36-26/h6-20,26-29,33-34H,21-22H2,1-5H3/t26-,27+,28?,29?,32-/m1/s1. The molecule has 0 bridgehead atoms. The molecule has 2 aliphatic rings. The number of rotatable bonds is 8. The molecule has 2 fully saturated rings. The van der Waals surface area contributed by atoms with Crippen LogP contribution in [0.2, 0.25) is 5.04 Å². The van der Waals surface area contributed by atoms with Crippen LogP contribution in [0.15, 0.2) is 91.0 Å². The number of aliphatic hydroxyl groups is 2. The molecule has 2 N–H and O–H groups in total. The van der Waals surface area contributed by atoms with E-state index in [0.29, 0.717) is 0 Å². The van der Waals surface area contributed by atoms with E-state index < -0.39 is 50.3 Å². The van der Waals surface area contributed by atoms with Crippen molar-refractivity contribution < 1.29 is 29.2 Å². The molecule has 0 aliphatic carbocycles. The third kappa shape index (κ3) is 4.80. The molecule has 0 radical (unpaired) electrons. The van der Waals surface area contributed by atoms with Crippen LogP contribution in [0.4, 0.5) is 0 Å². The zero-order valence-corrected chi connectivity index (χ0v) is 24.4. The van der Waals surface area contributed by atoms with E-state index in [1.54, 1.807) is 0 Å². The van der Waals surface area contributed by atoms with Crippen LogP contribution >= 0.6 is 0 Å². The van der Waals surface area contributed by atoms with Gasteiger partial charge in [-0.15, -0.1) is 0 Å². The molecule has 3 aromatic carbocycles. The Hall–Kier alpha value is -2.36. The molecule has 5 rings (SSSR count). The molecule has 2 heterocycles. The highest BCUT2D eigenvalue weighted by Gasteiger charge is 2.70. The average Bonchev–Trinajstić information content (AvgIpc) is 3.37. The normalized spacial score (nSPS) is 27.3. The maximum Gasteiger partial charge on any atom is 0.190 e. The van der Waals surface area contributed by atoms with Gasteiger partial charge in [0.15, 0.2) is 20.2 Å². The molecule has 0 saturated carbocycles. The molecule has 2 unspecified atom stereocenters. The predicted molar refractivity (Wildman–Crippen MR) is 153 cm³/mol. The number of fused-ring (bicyclic) bond motifs is 1. The minimum Gasteiger partial charge on any atom is -0.393 e. The van der Waals surface area contributed by atoms with Crippen molar-refractivity contribution in [1.82, 2.24) is 0 Å². The summed E-state index contributed by atoms with van der Waals surface area (Å²) in [6.07, 6.45) is -2.20. The van der Waals surface area contributed by atoms with Gasteiger partial charge in [0, 0.05) is 0 Å². The third-order valence-corrected chi connectivity index (χ3v) is 14.4. The van der Waals surface area contributed by atoms with Crippen molar-refractivity contribution in [1.29, 1.82) is 0 Å². The van der Waals surface area contributed by atoms with Gasteiger partial charge in [-0.1, -0.05) is 122 Å². The molecule has 0 amide bonds. The van der Waals surface area contributed by atoms with Crippen molar-refractivity contribution in [2.45, 2.75) is 81.9 Å². The fourth-order valence-electron chi connectivity index (χ4n) is 6.57. The van der Waals surface area contributed by atoms with Crippen LogP contribution < -0.4 is 10.4 Å². The predicted octanol–water partition coefficient (Wildman–Crippen LogP) is 3.77. The Morgan fingerprint density at radius 1 is 0.821 bits per heavy atom. The van der Waals surface area contributed by atoms with Crippen molar-refractivity contribution in [3.8, 4) is 0 Å². The smallest absolute Gasteiger partial charge is 0.190 e. The van der Waals surface area contributed by atoms with Crippen LogP contribution in [-0.4, -0.2) is 60.5 Å². The van der Waals surface area contributed by atoms with Crippen LogP contribution in [-0.2, 0) is 25.6 Å². The first-order valence-corrected chi connectivity index (χ1v) is 15.7. The van der Waals surface area contributed by atoms with E-state index in [4.69, 9.17) is 18.9 Å². The summed E-state index contributed by atoms with van der Waals surface area (Å²) in [5, 5.41) is 25.8. The molecular formula is C32H40O6Si. The first-order valence-electron chi connectivity index (χ1n) is 13.6. The second kappa shape index (κ2) is 10.6. The van der Waals surface area contributed by atoms with Gasteiger partial charge in [0.1, 0.15) is 17.8 Å². The summed E-state index contributed by atoms with van der Waals surface area (Å²) in [5.74, 6) is -0.881. The molecule has 2 aliphatic heterocycles. The largest absolute Gasteiger partial charge is 0.393 e. The summed E-state index contributed by atoms with van der Waals surface area (Å²) in [6, 6.07) is 30.2. The van der Waals surface area contributed by atoms with E-state index in [-0.39, 0.29) is 11.6 Å². The summed E-state index contributed by atoms with van der Waals surface area (Å²) in [7, 11) is -3.17. The van der Waals surface area contributed by atoms with Crippen LogP contribution in [0.5, 0.6) is 0 Å². The number of benzene rings is 3.